The van der Waals surface area contributed by atoms with Crippen molar-refractivity contribution in [1.29, 1.82) is 0 Å². The van der Waals surface area contributed by atoms with Crippen LogP contribution < -0.4 is 10.9 Å². The summed E-state index contributed by atoms with van der Waals surface area (Å²) in [7, 11) is 2.01. The van der Waals surface area contributed by atoms with Crippen LogP contribution in [0.3, 0.4) is 0 Å². The first-order valence-electron chi connectivity index (χ1n) is 13.0. The fraction of sp³-hybridized carbons (Fsp3) is 0.720. The van der Waals surface area contributed by atoms with Gasteiger partial charge >= 0.3 is 0 Å². The number of anilines is 1. The summed E-state index contributed by atoms with van der Waals surface area (Å²) >= 11 is 1.36. The van der Waals surface area contributed by atoms with E-state index in [4.69, 9.17) is 9.17 Å². The van der Waals surface area contributed by atoms with Gasteiger partial charge in [-0.25, -0.2) is 14.4 Å². The van der Waals surface area contributed by atoms with Crippen LogP contribution in [0.5, 0.6) is 0 Å². The first kappa shape index (κ1) is 30.8. The van der Waals surface area contributed by atoms with Crippen molar-refractivity contribution in [1.82, 2.24) is 24.0 Å². The number of halogens is 1. The zero-order valence-electron chi connectivity index (χ0n) is 22.5. The maximum Gasteiger partial charge on any atom is 0.258 e. The number of hydrogen-bond acceptors (Lipinski definition) is 8. The first-order valence-corrected chi connectivity index (χ1v) is 13.7. The lowest BCUT2D eigenvalue weighted by atomic mass is 10.0. The molecule has 0 amide bonds. The van der Waals surface area contributed by atoms with Crippen molar-refractivity contribution in [2.75, 3.05) is 32.1 Å². The van der Waals surface area contributed by atoms with Crippen LogP contribution in [0.15, 0.2) is 17.1 Å². The minimum atomic E-state index is -1.33. The highest BCUT2D eigenvalue weighted by atomic mass is 32.2. The summed E-state index contributed by atoms with van der Waals surface area (Å²) in [6.07, 6.45) is 5.34. The summed E-state index contributed by atoms with van der Waals surface area (Å²) in [5.41, 5.74) is 0.530. The molecule has 36 heavy (non-hydrogen) atoms. The van der Waals surface area contributed by atoms with Crippen LogP contribution in [0.2, 0.25) is 0 Å². The largest absolute Gasteiger partial charge is 0.351 e. The van der Waals surface area contributed by atoms with Gasteiger partial charge in [-0.2, -0.15) is 22.9 Å². The zero-order chi connectivity index (χ0) is 25.5. The lowest BCUT2D eigenvalue weighted by Gasteiger charge is -2.36. The number of piperidine rings is 1. The molecule has 3 unspecified atom stereocenters. The topological polar surface area (TPSA) is 75.5 Å². The summed E-state index contributed by atoms with van der Waals surface area (Å²) in [5, 5.41) is 6.44. The van der Waals surface area contributed by atoms with E-state index in [1.54, 1.807) is 16.8 Å². The summed E-state index contributed by atoms with van der Waals surface area (Å²) in [6.45, 7) is 12.0. The number of hydrogen-bond donors (Lipinski definition) is 1. The fourth-order valence-electron chi connectivity index (χ4n) is 4.96. The summed E-state index contributed by atoms with van der Waals surface area (Å²) in [4.78, 5) is 22.5. The Morgan fingerprint density at radius 3 is 2.56 bits per heavy atom. The third-order valence-electron chi connectivity index (χ3n) is 6.86. The van der Waals surface area contributed by atoms with E-state index in [-0.39, 0.29) is 36.7 Å². The summed E-state index contributed by atoms with van der Waals surface area (Å²) < 4.78 is 23.5. The van der Waals surface area contributed by atoms with Gasteiger partial charge in [0.05, 0.1) is 24.4 Å². The molecule has 8 nitrogen and oxygen atoms in total. The number of alkyl halides is 1. The number of rotatable bonds is 8. The molecule has 1 N–H and O–H groups in total. The van der Waals surface area contributed by atoms with E-state index in [9.17, 15) is 9.18 Å². The third-order valence-corrected chi connectivity index (χ3v) is 7.65. The van der Waals surface area contributed by atoms with Crippen molar-refractivity contribution >= 4 is 42.7 Å². The highest BCUT2D eigenvalue weighted by molar-refractivity contribution is 7.92. The summed E-state index contributed by atoms with van der Waals surface area (Å²) in [5.74, 6) is 0.885. The molecule has 3 heterocycles. The Kier molecular flexibility index (Phi) is 12.4. The molecular weight excluding hydrogens is 499 g/mol. The van der Waals surface area contributed by atoms with Gasteiger partial charge in [0.15, 0.2) is 0 Å². The average Bonchev–Trinajstić information content (AvgIpc) is 3.29. The summed E-state index contributed by atoms with van der Waals surface area (Å²) in [6, 6.07) is 1.91. The molecule has 0 radical (unpaired) electrons. The van der Waals surface area contributed by atoms with Crippen LogP contribution in [-0.4, -0.2) is 56.7 Å². The Hall–Kier alpha value is -1.40. The van der Waals surface area contributed by atoms with E-state index in [1.165, 1.54) is 19.2 Å². The van der Waals surface area contributed by atoms with Gasteiger partial charge in [-0.15, -0.1) is 0 Å². The molecule has 2 aliphatic rings. The fourth-order valence-corrected chi connectivity index (χ4v) is 5.48. The molecule has 11 heteroatoms. The molecule has 204 valence electrons. The quantitative estimate of drug-likeness (QED) is 0.339. The Bertz CT molecular complexity index is 1020. The third kappa shape index (κ3) is 7.12. The molecular formula is C25H43FN6O2S2. The van der Waals surface area contributed by atoms with Gasteiger partial charge in [0, 0.05) is 43.8 Å². The normalized spacial score (nSPS) is 21.7. The molecule has 1 aliphatic carbocycles. The van der Waals surface area contributed by atoms with E-state index < -0.39 is 6.17 Å². The van der Waals surface area contributed by atoms with Crippen LogP contribution in [-0.2, 0) is 4.18 Å². The van der Waals surface area contributed by atoms with Crippen molar-refractivity contribution in [2.24, 2.45) is 5.92 Å². The highest BCUT2D eigenvalue weighted by Gasteiger charge is 2.29. The Morgan fingerprint density at radius 1 is 1.28 bits per heavy atom. The Labute approximate surface area is 226 Å². The lowest BCUT2D eigenvalue weighted by Crippen LogP contribution is -2.45. The van der Waals surface area contributed by atoms with Gasteiger partial charge in [-0.05, 0) is 51.5 Å². The smallest absolute Gasteiger partial charge is 0.258 e. The molecule has 1 saturated carbocycles. The number of pyridine rings is 1. The molecule has 0 bridgehead atoms. The van der Waals surface area contributed by atoms with Crippen molar-refractivity contribution in [2.45, 2.75) is 85.0 Å². The second kappa shape index (κ2) is 14.5. The number of fused-ring (bicyclic) bond motifs is 1. The maximum atomic E-state index is 14.2. The van der Waals surface area contributed by atoms with Crippen LogP contribution in [0.4, 0.5) is 10.3 Å². The number of aromatic nitrogens is 3. The second-order valence-electron chi connectivity index (χ2n) is 9.16. The number of hydrazine groups is 1. The molecule has 1 saturated heterocycles. The second-order valence-corrected chi connectivity index (χ2v) is 10.1. The predicted octanol–water partition coefficient (Wildman–Crippen LogP) is 5.64. The van der Waals surface area contributed by atoms with Crippen LogP contribution >= 0.6 is 25.7 Å². The van der Waals surface area contributed by atoms with Gasteiger partial charge in [0.2, 0.25) is 5.95 Å². The molecule has 0 spiro atoms. The minimum Gasteiger partial charge on any atom is -0.351 e. The standard InChI is InChI=1S/C23H35FN6O2S.C2H6.H2S/c1-5-32-33-28(4)29-11-9-18(10-12-29)26-23-25-14-17-13-19(16(3)24)22(31)30(21(17)27-23)20-8-6-7-15(20)2;1-2;/h13-16,18,20H,5-12H2,1-4H3,(H,25,26,27);1-2H3;1H2. The van der Waals surface area contributed by atoms with Crippen molar-refractivity contribution in [3.8, 4) is 0 Å². The van der Waals surface area contributed by atoms with Crippen molar-refractivity contribution in [3.63, 3.8) is 0 Å². The van der Waals surface area contributed by atoms with Gasteiger partial charge in [-0.1, -0.05) is 27.2 Å². The minimum absolute atomic E-state index is 0. The van der Waals surface area contributed by atoms with Gasteiger partial charge in [0.1, 0.15) is 11.8 Å². The van der Waals surface area contributed by atoms with E-state index >= 15 is 0 Å². The van der Waals surface area contributed by atoms with E-state index in [2.05, 4.69) is 22.2 Å². The van der Waals surface area contributed by atoms with Gasteiger partial charge in [0.25, 0.3) is 5.56 Å². The van der Waals surface area contributed by atoms with Crippen LogP contribution in [0.1, 0.15) is 84.5 Å². The van der Waals surface area contributed by atoms with Crippen LogP contribution in [0, 0.1) is 5.92 Å². The molecule has 2 aromatic heterocycles. The molecule has 2 aromatic rings. The zero-order valence-corrected chi connectivity index (χ0v) is 24.3. The molecule has 1 aliphatic heterocycles. The average molecular weight is 543 g/mol. The van der Waals surface area contributed by atoms with Gasteiger partial charge < -0.3 is 9.50 Å². The Balaban J connectivity index is 0.00000148. The Morgan fingerprint density at radius 2 is 1.97 bits per heavy atom. The predicted molar refractivity (Wildman–Crippen MR) is 152 cm³/mol. The maximum absolute atomic E-state index is 14.2. The van der Waals surface area contributed by atoms with Gasteiger partial charge in [-0.3, -0.25) is 9.36 Å². The van der Waals surface area contributed by atoms with E-state index in [0.717, 1.165) is 45.2 Å². The molecule has 2 fully saturated rings. The monoisotopic (exact) mass is 542 g/mol. The van der Waals surface area contributed by atoms with Crippen LogP contribution in [0.25, 0.3) is 11.0 Å². The molecule has 3 atom stereocenters. The van der Waals surface area contributed by atoms with E-state index in [1.807, 2.05) is 32.2 Å². The highest BCUT2D eigenvalue weighted by Crippen LogP contribution is 2.36. The number of nitrogens with zero attached hydrogens (tertiary/aromatic N) is 5. The van der Waals surface area contributed by atoms with Crippen molar-refractivity contribution < 1.29 is 8.57 Å². The molecule has 4 rings (SSSR count). The van der Waals surface area contributed by atoms with Crippen molar-refractivity contribution in [3.05, 3.63) is 28.2 Å². The first-order chi connectivity index (χ1) is 16.9. The molecule has 0 aromatic carbocycles. The SMILES string of the molecule is CC.CCOSN(C)N1CCC(Nc2ncc3cc(C(C)F)c(=O)n(C4CCCC4C)c3n2)CC1.S. The lowest BCUT2D eigenvalue weighted by molar-refractivity contribution is 0.0601. The van der Waals surface area contributed by atoms with E-state index in [0.29, 0.717) is 29.5 Å². The number of nitrogens with one attached hydrogen (secondary N) is 1.